The van der Waals surface area contributed by atoms with Crippen molar-refractivity contribution in [2.24, 2.45) is 0 Å². The van der Waals surface area contributed by atoms with E-state index in [0.29, 0.717) is 0 Å². The minimum absolute atomic E-state index is 0.754. The fourth-order valence-corrected chi connectivity index (χ4v) is 2.79. The molecule has 0 amide bonds. The molecule has 0 unspecified atom stereocenters. The lowest BCUT2D eigenvalue weighted by molar-refractivity contribution is 0.0928. The van der Waals surface area contributed by atoms with Crippen molar-refractivity contribution in [3.63, 3.8) is 0 Å². The standard InChI is InChI=1S/C7H19NOSi/c1-8(6-9-2)7-10(3,4)5/h6-7H2,1-5H3. The van der Waals surface area contributed by atoms with E-state index in [0.717, 1.165) is 6.73 Å². The van der Waals surface area contributed by atoms with Crippen LogP contribution in [0.5, 0.6) is 0 Å². The van der Waals surface area contributed by atoms with Crippen molar-refractivity contribution < 1.29 is 4.74 Å². The van der Waals surface area contributed by atoms with Crippen molar-refractivity contribution in [3.8, 4) is 0 Å². The molecule has 0 bridgehead atoms. The second-order valence-corrected chi connectivity index (χ2v) is 9.43. The van der Waals surface area contributed by atoms with E-state index < -0.39 is 8.07 Å². The van der Waals surface area contributed by atoms with Crippen molar-refractivity contribution in [1.82, 2.24) is 4.90 Å². The van der Waals surface area contributed by atoms with Crippen LogP contribution >= 0.6 is 0 Å². The first-order chi connectivity index (χ1) is 4.45. The van der Waals surface area contributed by atoms with Gasteiger partial charge in [0.05, 0.1) is 14.8 Å². The van der Waals surface area contributed by atoms with E-state index in [4.69, 9.17) is 4.74 Å². The molecule has 0 aromatic rings. The highest BCUT2D eigenvalue weighted by Gasteiger charge is 2.14. The lowest BCUT2D eigenvalue weighted by Gasteiger charge is -2.23. The van der Waals surface area contributed by atoms with Gasteiger partial charge in [-0.2, -0.15) is 0 Å². The molecule has 0 aliphatic rings. The maximum absolute atomic E-state index is 5.00. The summed E-state index contributed by atoms with van der Waals surface area (Å²) in [4.78, 5) is 2.23. The Balaban J connectivity index is 3.47. The summed E-state index contributed by atoms with van der Waals surface area (Å²) in [5.41, 5.74) is 0. The number of nitrogens with zero attached hydrogens (tertiary/aromatic N) is 1. The Labute approximate surface area is 65.2 Å². The zero-order valence-electron chi connectivity index (χ0n) is 7.77. The third-order valence-electron chi connectivity index (χ3n) is 1.09. The van der Waals surface area contributed by atoms with Crippen LogP contribution in [-0.2, 0) is 4.74 Å². The molecule has 0 radical (unpaired) electrons. The van der Waals surface area contributed by atoms with Gasteiger partial charge >= 0.3 is 0 Å². The van der Waals surface area contributed by atoms with Crippen LogP contribution in [0.4, 0.5) is 0 Å². The lowest BCUT2D eigenvalue weighted by atomic mass is 10.9. The van der Waals surface area contributed by atoms with Gasteiger partial charge < -0.3 is 4.74 Å². The Kier molecular flexibility index (Phi) is 4.16. The fraction of sp³-hybridized carbons (Fsp3) is 1.00. The number of hydrogen-bond donors (Lipinski definition) is 0. The van der Waals surface area contributed by atoms with Crippen molar-refractivity contribution in [2.75, 3.05) is 27.1 Å². The van der Waals surface area contributed by atoms with Crippen molar-refractivity contribution in [2.45, 2.75) is 19.6 Å². The van der Waals surface area contributed by atoms with Gasteiger partial charge in [0.15, 0.2) is 0 Å². The second-order valence-electron chi connectivity index (χ2n) is 3.99. The van der Waals surface area contributed by atoms with Gasteiger partial charge in [-0.05, 0) is 13.2 Å². The van der Waals surface area contributed by atoms with Gasteiger partial charge in [0.2, 0.25) is 0 Å². The van der Waals surface area contributed by atoms with Gasteiger partial charge in [0.25, 0.3) is 0 Å². The molecule has 10 heavy (non-hydrogen) atoms. The Morgan fingerprint density at radius 2 is 1.80 bits per heavy atom. The zero-order chi connectivity index (χ0) is 8.20. The van der Waals surface area contributed by atoms with Crippen molar-refractivity contribution >= 4 is 8.07 Å². The van der Waals surface area contributed by atoms with E-state index in [1.165, 1.54) is 6.17 Å². The second kappa shape index (κ2) is 4.11. The van der Waals surface area contributed by atoms with Gasteiger partial charge in [-0.1, -0.05) is 19.6 Å². The van der Waals surface area contributed by atoms with E-state index in [-0.39, 0.29) is 0 Å². The summed E-state index contributed by atoms with van der Waals surface area (Å²) in [5, 5.41) is 0. The topological polar surface area (TPSA) is 12.5 Å². The molecule has 0 saturated heterocycles. The Morgan fingerprint density at radius 3 is 2.10 bits per heavy atom. The first-order valence-electron chi connectivity index (χ1n) is 3.63. The lowest BCUT2D eigenvalue weighted by Crippen LogP contribution is -2.38. The zero-order valence-corrected chi connectivity index (χ0v) is 8.77. The van der Waals surface area contributed by atoms with E-state index >= 15 is 0 Å². The molecule has 62 valence electrons. The van der Waals surface area contributed by atoms with Crippen LogP contribution in [0.3, 0.4) is 0 Å². The van der Waals surface area contributed by atoms with Crippen LogP contribution < -0.4 is 0 Å². The van der Waals surface area contributed by atoms with E-state index in [1.807, 2.05) is 0 Å². The maximum Gasteiger partial charge on any atom is 0.0981 e. The van der Waals surface area contributed by atoms with Gasteiger partial charge in [-0.25, -0.2) is 0 Å². The predicted molar refractivity (Wildman–Crippen MR) is 47.9 cm³/mol. The number of hydrogen-bond acceptors (Lipinski definition) is 2. The molecule has 0 N–H and O–H groups in total. The summed E-state index contributed by atoms with van der Waals surface area (Å²) in [6.45, 7) is 7.84. The van der Waals surface area contributed by atoms with Crippen molar-refractivity contribution in [3.05, 3.63) is 0 Å². The fourth-order valence-electron chi connectivity index (χ4n) is 1.08. The summed E-state index contributed by atoms with van der Waals surface area (Å²) < 4.78 is 5.00. The molecule has 0 aliphatic heterocycles. The van der Waals surface area contributed by atoms with Gasteiger partial charge in [-0.3, -0.25) is 4.90 Å². The summed E-state index contributed by atoms with van der Waals surface area (Å²) in [6.07, 6.45) is 1.21. The first kappa shape index (κ1) is 10.1. The molecule has 0 rings (SSSR count). The van der Waals surface area contributed by atoms with E-state index in [9.17, 15) is 0 Å². The van der Waals surface area contributed by atoms with Crippen LogP contribution in [0.1, 0.15) is 0 Å². The molecule has 0 saturated carbocycles. The summed E-state index contributed by atoms with van der Waals surface area (Å²) in [5.74, 6) is 0. The first-order valence-corrected chi connectivity index (χ1v) is 7.34. The average Bonchev–Trinajstić information content (AvgIpc) is 1.59. The predicted octanol–water partition coefficient (Wildman–Crippen LogP) is 1.40. The monoisotopic (exact) mass is 161 g/mol. The van der Waals surface area contributed by atoms with Gasteiger partial charge in [-0.15, -0.1) is 0 Å². The maximum atomic E-state index is 5.00. The molecule has 0 fully saturated rings. The Hall–Kier alpha value is 0.137. The molecule has 0 aromatic carbocycles. The molecule has 2 nitrogen and oxygen atoms in total. The largest absolute Gasteiger partial charge is 0.369 e. The highest BCUT2D eigenvalue weighted by Crippen LogP contribution is 2.01. The quantitative estimate of drug-likeness (QED) is 0.456. The summed E-state index contributed by atoms with van der Waals surface area (Å²) in [6, 6.07) is 0. The normalized spacial score (nSPS) is 12.6. The smallest absolute Gasteiger partial charge is 0.0981 e. The third-order valence-corrected chi connectivity index (χ3v) is 2.58. The summed E-state index contributed by atoms with van der Waals surface area (Å²) >= 11 is 0. The van der Waals surface area contributed by atoms with Crippen molar-refractivity contribution in [1.29, 1.82) is 0 Å². The Bertz CT molecular complexity index is 90.1. The highest BCUT2D eigenvalue weighted by molar-refractivity contribution is 6.76. The number of methoxy groups -OCH3 is 1. The molecule has 0 atom stereocenters. The SMILES string of the molecule is COCN(C)C[Si](C)(C)C. The minimum Gasteiger partial charge on any atom is -0.369 e. The molecule has 0 aromatic heterocycles. The molecule has 0 spiro atoms. The van der Waals surface area contributed by atoms with Crippen LogP contribution in [0, 0.1) is 0 Å². The highest BCUT2D eigenvalue weighted by atomic mass is 28.3. The van der Waals surface area contributed by atoms with Gasteiger partial charge in [0, 0.05) is 7.11 Å². The van der Waals surface area contributed by atoms with E-state index in [1.54, 1.807) is 7.11 Å². The third kappa shape index (κ3) is 6.26. The van der Waals surface area contributed by atoms with Crippen LogP contribution in [0.2, 0.25) is 19.6 Å². The van der Waals surface area contributed by atoms with Gasteiger partial charge in [0.1, 0.15) is 0 Å². The molecular weight excluding hydrogens is 142 g/mol. The van der Waals surface area contributed by atoms with Crippen LogP contribution in [0.25, 0.3) is 0 Å². The summed E-state index contributed by atoms with van der Waals surface area (Å²) in [7, 11) is 2.92. The molecular formula is C7H19NOSi. The number of ether oxygens (including phenoxy) is 1. The van der Waals surface area contributed by atoms with Crippen LogP contribution in [0.15, 0.2) is 0 Å². The minimum atomic E-state index is -0.912. The van der Waals surface area contributed by atoms with Crippen LogP contribution in [-0.4, -0.2) is 40.0 Å². The molecule has 3 heteroatoms. The number of rotatable bonds is 4. The Morgan fingerprint density at radius 1 is 1.30 bits per heavy atom. The average molecular weight is 161 g/mol. The molecule has 0 heterocycles. The van der Waals surface area contributed by atoms with E-state index in [2.05, 4.69) is 31.6 Å². The molecule has 0 aliphatic carbocycles.